The minimum atomic E-state index is -0.333. The number of nitrogens with one attached hydrogen (secondary N) is 1. The molecule has 30 heavy (non-hydrogen) atoms. The maximum absolute atomic E-state index is 11.7. The van der Waals surface area contributed by atoms with E-state index in [-0.39, 0.29) is 55.6 Å². The van der Waals surface area contributed by atoms with Crippen LogP contribution in [0.4, 0.5) is 0 Å². The van der Waals surface area contributed by atoms with Crippen molar-refractivity contribution in [3.8, 4) is 11.5 Å². The molecule has 3 amide bonds. The van der Waals surface area contributed by atoms with Crippen LogP contribution >= 0.6 is 0 Å². The molecule has 0 saturated carbocycles. The third kappa shape index (κ3) is 8.19. The third-order valence-corrected chi connectivity index (χ3v) is 4.11. The molecule has 0 fully saturated rings. The minimum Gasteiger partial charge on any atom is -0.504 e. The Balaban J connectivity index is 1.38. The van der Waals surface area contributed by atoms with Gasteiger partial charge in [0, 0.05) is 18.7 Å². The molecule has 3 N–H and O–H groups in total. The van der Waals surface area contributed by atoms with Gasteiger partial charge in [-0.1, -0.05) is 6.07 Å². The maximum atomic E-state index is 11.7. The Kier molecular flexibility index (Phi) is 9.78. The molecule has 164 valence electrons. The van der Waals surface area contributed by atoms with Crippen molar-refractivity contribution in [3.05, 3.63) is 35.9 Å². The zero-order valence-electron chi connectivity index (χ0n) is 16.5. The number of aromatic hydroxyl groups is 2. The normalized spacial score (nSPS) is 13.3. The number of amides is 3. The average molecular weight is 422 g/mol. The molecule has 0 spiro atoms. The summed E-state index contributed by atoms with van der Waals surface area (Å²) in [4.78, 5) is 35.4. The van der Waals surface area contributed by atoms with E-state index in [2.05, 4.69) is 5.32 Å². The van der Waals surface area contributed by atoms with E-state index in [0.717, 1.165) is 10.5 Å². The molecule has 1 aliphatic rings. The number of ether oxygens (including phenoxy) is 3. The summed E-state index contributed by atoms with van der Waals surface area (Å²) in [5, 5.41) is 21.4. The minimum absolute atomic E-state index is 0.0907. The Bertz CT molecular complexity index is 747. The van der Waals surface area contributed by atoms with Crippen LogP contribution < -0.4 is 5.32 Å². The van der Waals surface area contributed by atoms with Crippen molar-refractivity contribution in [2.24, 2.45) is 0 Å². The van der Waals surface area contributed by atoms with Crippen LogP contribution in [0.15, 0.2) is 30.4 Å². The average Bonchev–Trinajstić information content (AvgIpc) is 3.04. The van der Waals surface area contributed by atoms with Crippen LogP contribution in [-0.4, -0.2) is 85.6 Å². The van der Waals surface area contributed by atoms with E-state index in [1.165, 1.54) is 24.3 Å². The molecule has 2 rings (SSSR count). The number of rotatable bonds is 14. The molecule has 0 saturated heterocycles. The molecule has 0 unspecified atom stereocenters. The first-order valence-corrected chi connectivity index (χ1v) is 9.51. The van der Waals surface area contributed by atoms with Gasteiger partial charge in [-0.2, -0.15) is 0 Å². The first kappa shape index (κ1) is 23.3. The van der Waals surface area contributed by atoms with Gasteiger partial charge >= 0.3 is 0 Å². The van der Waals surface area contributed by atoms with Gasteiger partial charge in [0.15, 0.2) is 11.5 Å². The lowest BCUT2D eigenvalue weighted by Gasteiger charge is -2.13. The summed E-state index contributed by atoms with van der Waals surface area (Å²) in [6, 6.07) is 4.51. The summed E-state index contributed by atoms with van der Waals surface area (Å²) in [5.41, 5.74) is 0.789. The van der Waals surface area contributed by atoms with Crippen molar-refractivity contribution in [1.82, 2.24) is 10.2 Å². The number of hydrogen-bond donors (Lipinski definition) is 3. The fraction of sp³-hybridized carbons (Fsp3) is 0.450. The van der Waals surface area contributed by atoms with E-state index >= 15 is 0 Å². The number of nitrogens with zero attached hydrogens (tertiary/aromatic N) is 1. The van der Waals surface area contributed by atoms with Gasteiger partial charge in [0.2, 0.25) is 5.91 Å². The SMILES string of the molecule is O=C(COCCOCCOCCN1C(=O)C=CC1=O)NCCc1ccc(O)c(O)c1. The molecule has 1 heterocycles. The van der Waals surface area contributed by atoms with Crippen LogP contribution in [0.2, 0.25) is 0 Å². The fourth-order valence-corrected chi connectivity index (χ4v) is 2.53. The zero-order chi connectivity index (χ0) is 21.8. The highest BCUT2D eigenvalue weighted by atomic mass is 16.5. The molecular weight excluding hydrogens is 396 g/mol. The second-order valence-corrected chi connectivity index (χ2v) is 6.36. The molecule has 0 atom stereocenters. The molecular formula is C20H26N2O8. The van der Waals surface area contributed by atoms with Gasteiger partial charge in [-0.3, -0.25) is 19.3 Å². The van der Waals surface area contributed by atoms with Gasteiger partial charge in [-0.15, -0.1) is 0 Å². The van der Waals surface area contributed by atoms with Crippen molar-refractivity contribution in [3.63, 3.8) is 0 Å². The van der Waals surface area contributed by atoms with Crippen LogP contribution in [-0.2, 0) is 35.0 Å². The summed E-state index contributed by atoms with van der Waals surface area (Å²) in [6.07, 6.45) is 2.97. The smallest absolute Gasteiger partial charge is 0.253 e. The van der Waals surface area contributed by atoms with Crippen molar-refractivity contribution < 1.29 is 38.8 Å². The van der Waals surface area contributed by atoms with E-state index in [0.29, 0.717) is 32.8 Å². The second-order valence-electron chi connectivity index (χ2n) is 6.36. The van der Waals surface area contributed by atoms with E-state index < -0.39 is 0 Å². The van der Waals surface area contributed by atoms with E-state index in [1.807, 2.05) is 0 Å². The van der Waals surface area contributed by atoms with Crippen molar-refractivity contribution in [2.45, 2.75) is 6.42 Å². The van der Waals surface area contributed by atoms with Gasteiger partial charge in [-0.05, 0) is 24.1 Å². The number of imide groups is 1. The van der Waals surface area contributed by atoms with Gasteiger partial charge in [-0.25, -0.2) is 0 Å². The lowest BCUT2D eigenvalue weighted by Crippen LogP contribution is -2.33. The van der Waals surface area contributed by atoms with Crippen LogP contribution in [0.1, 0.15) is 5.56 Å². The van der Waals surface area contributed by atoms with E-state index in [1.54, 1.807) is 6.07 Å². The predicted molar refractivity (Wildman–Crippen MR) is 105 cm³/mol. The number of benzene rings is 1. The predicted octanol–water partition coefficient (Wildman–Crippen LogP) is -0.269. The van der Waals surface area contributed by atoms with Gasteiger partial charge < -0.3 is 29.7 Å². The summed E-state index contributed by atoms with van der Waals surface area (Å²) in [5.74, 6) is -1.30. The topological polar surface area (TPSA) is 135 Å². The molecule has 1 aromatic carbocycles. The number of hydrogen-bond acceptors (Lipinski definition) is 8. The number of phenols is 2. The lowest BCUT2D eigenvalue weighted by atomic mass is 10.1. The highest BCUT2D eigenvalue weighted by Gasteiger charge is 2.22. The molecule has 0 radical (unpaired) electrons. The van der Waals surface area contributed by atoms with Gasteiger partial charge in [0.05, 0.1) is 39.6 Å². The number of carbonyl (C=O) groups excluding carboxylic acids is 3. The van der Waals surface area contributed by atoms with Crippen LogP contribution in [0.25, 0.3) is 0 Å². The number of carbonyl (C=O) groups is 3. The molecule has 1 aromatic rings. The molecule has 10 heteroatoms. The zero-order valence-corrected chi connectivity index (χ0v) is 16.5. The molecule has 0 bridgehead atoms. The Hall–Kier alpha value is -2.95. The lowest BCUT2D eigenvalue weighted by molar-refractivity contribution is -0.137. The van der Waals surface area contributed by atoms with Crippen molar-refractivity contribution in [2.75, 3.05) is 52.7 Å². The largest absolute Gasteiger partial charge is 0.504 e. The highest BCUT2D eigenvalue weighted by molar-refractivity contribution is 6.12. The van der Waals surface area contributed by atoms with Crippen LogP contribution in [0.3, 0.4) is 0 Å². The Morgan fingerprint density at radius 1 is 0.900 bits per heavy atom. The van der Waals surface area contributed by atoms with Crippen molar-refractivity contribution in [1.29, 1.82) is 0 Å². The monoisotopic (exact) mass is 422 g/mol. The summed E-state index contributed by atoms with van der Waals surface area (Å²) >= 11 is 0. The summed E-state index contributed by atoms with van der Waals surface area (Å²) in [7, 11) is 0. The molecule has 10 nitrogen and oxygen atoms in total. The van der Waals surface area contributed by atoms with Crippen LogP contribution in [0, 0.1) is 0 Å². The highest BCUT2D eigenvalue weighted by Crippen LogP contribution is 2.24. The standard InChI is InChI=1S/C20H26N2O8/c23-16-2-1-15(13-17(16)24)5-6-21-18(25)14-30-12-11-29-10-9-28-8-7-22-19(26)3-4-20(22)27/h1-4,13,23-24H,5-12,14H2,(H,21,25). The molecule has 0 aromatic heterocycles. The van der Waals surface area contributed by atoms with Gasteiger partial charge in [0.1, 0.15) is 6.61 Å². The van der Waals surface area contributed by atoms with Crippen LogP contribution in [0.5, 0.6) is 11.5 Å². The van der Waals surface area contributed by atoms with Crippen molar-refractivity contribution >= 4 is 17.7 Å². The Labute approximate surface area is 174 Å². The first-order chi connectivity index (χ1) is 14.5. The third-order valence-electron chi connectivity index (χ3n) is 4.11. The Morgan fingerprint density at radius 2 is 1.53 bits per heavy atom. The van der Waals surface area contributed by atoms with E-state index in [9.17, 15) is 24.6 Å². The summed E-state index contributed by atoms with van der Waals surface area (Å²) < 4.78 is 15.8. The molecule has 0 aliphatic carbocycles. The maximum Gasteiger partial charge on any atom is 0.253 e. The fourth-order valence-electron chi connectivity index (χ4n) is 2.53. The first-order valence-electron chi connectivity index (χ1n) is 9.51. The molecule has 1 aliphatic heterocycles. The quantitative estimate of drug-likeness (QED) is 0.212. The number of phenolic OH excluding ortho intramolecular Hbond substituents is 2. The van der Waals surface area contributed by atoms with Gasteiger partial charge in [0.25, 0.3) is 11.8 Å². The second kappa shape index (κ2) is 12.6. The summed E-state index contributed by atoms with van der Waals surface area (Å²) in [6.45, 7) is 1.93. The van der Waals surface area contributed by atoms with E-state index in [4.69, 9.17) is 14.2 Å². The Morgan fingerprint density at radius 3 is 2.20 bits per heavy atom.